The van der Waals surface area contributed by atoms with E-state index in [0.29, 0.717) is 6.42 Å². The SMILES string of the molecule is CCCCCC(=O)NNC(=S)NC(=O)c1ccc(F)cc1. The Labute approximate surface area is 128 Å². The summed E-state index contributed by atoms with van der Waals surface area (Å²) < 4.78 is 12.7. The summed E-state index contributed by atoms with van der Waals surface area (Å²) in [7, 11) is 0. The largest absolute Gasteiger partial charge is 0.298 e. The smallest absolute Gasteiger partial charge is 0.257 e. The van der Waals surface area contributed by atoms with E-state index < -0.39 is 11.7 Å². The Bertz CT molecular complexity index is 505. The van der Waals surface area contributed by atoms with Crippen molar-refractivity contribution in [1.29, 1.82) is 0 Å². The fourth-order valence-corrected chi connectivity index (χ4v) is 1.68. The number of benzene rings is 1. The number of unbranched alkanes of at least 4 members (excludes halogenated alkanes) is 2. The molecule has 0 saturated heterocycles. The van der Waals surface area contributed by atoms with Crippen molar-refractivity contribution in [1.82, 2.24) is 16.2 Å². The van der Waals surface area contributed by atoms with E-state index in [1.165, 1.54) is 24.3 Å². The van der Waals surface area contributed by atoms with Crippen molar-refractivity contribution in [2.45, 2.75) is 32.6 Å². The molecule has 0 atom stereocenters. The molecule has 0 fully saturated rings. The van der Waals surface area contributed by atoms with Crippen molar-refractivity contribution in [2.75, 3.05) is 0 Å². The number of hydrogen-bond acceptors (Lipinski definition) is 3. The molecule has 0 aliphatic carbocycles. The zero-order chi connectivity index (χ0) is 15.7. The third-order valence-electron chi connectivity index (χ3n) is 2.66. The van der Waals surface area contributed by atoms with Gasteiger partial charge in [-0.1, -0.05) is 19.8 Å². The lowest BCUT2D eigenvalue weighted by molar-refractivity contribution is -0.121. The van der Waals surface area contributed by atoms with Crippen LogP contribution in [0.1, 0.15) is 43.0 Å². The molecule has 0 radical (unpaired) electrons. The predicted molar refractivity (Wildman–Crippen MR) is 81.9 cm³/mol. The number of halogens is 1. The highest BCUT2D eigenvalue weighted by molar-refractivity contribution is 7.80. The lowest BCUT2D eigenvalue weighted by Gasteiger charge is -2.10. The number of hydrazine groups is 1. The molecule has 0 heterocycles. The quantitative estimate of drug-likeness (QED) is 0.442. The third-order valence-corrected chi connectivity index (χ3v) is 2.86. The summed E-state index contributed by atoms with van der Waals surface area (Å²) in [5.74, 6) is -1.10. The van der Waals surface area contributed by atoms with Gasteiger partial charge >= 0.3 is 0 Å². The minimum Gasteiger partial charge on any atom is -0.298 e. The molecule has 1 aromatic rings. The normalized spacial score (nSPS) is 9.81. The first-order valence-corrected chi connectivity index (χ1v) is 7.09. The number of nitrogens with one attached hydrogen (secondary N) is 3. The van der Waals surface area contributed by atoms with E-state index in [2.05, 4.69) is 23.1 Å². The highest BCUT2D eigenvalue weighted by Crippen LogP contribution is 2.02. The van der Waals surface area contributed by atoms with Crippen LogP contribution in [-0.2, 0) is 4.79 Å². The minimum atomic E-state index is -0.479. The van der Waals surface area contributed by atoms with Gasteiger partial charge in [0.15, 0.2) is 5.11 Å². The highest BCUT2D eigenvalue weighted by atomic mass is 32.1. The van der Waals surface area contributed by atoms with Gasteiger partial charge in [-0.15, -0.1) is 0 Å². The predicted octanol–water partition coefficient (Wildman–Crippen LogP) is 2.04. The summed E-state index contributed by atoms with van der Waals surface area (Å²) in [4.78, 5) is 23.2. The van der Waals surface area contributed by atoms with Crippen LogP contribution in [0.4, 0.5) is 4.39 Å². The van der Waals surface area contributed by atoms with E-state index in [1.807, 2.05) is 0 Å². The van der Waals surface area contributed by atoms with E-state index in [9.17, 15) is 14.0 Å². The number of carbonyl (C=O) groups is 2. The molecule has 0 aliphatic rings. The first kappa shape index (κ1) is 17.0. The molecule has 3 N–H and O–H groups in total. The maximum Gasteiger partial charge on any atom is 0.257 e. The Hall–Kier alpha value is -2.02. The molecular formula is C14H18FN3O2S. The molecule has 1 aromatic carbocycles. The fourth-order valence-electron chi connectivity index (χ4n) is 1.53. The van der Waals surface area contributed by atoms with Crippen molar-refractivity contribution >= 4 is 29.1 Å². The monoisotopic (exact) mass is 311 g/mol. The summed E-state index contributed by atoms with van der Waals surface area (Å²) in [6.07, 6.45) is 3.22. The summed E-state index contributed by atoms with van der Waals surface area (Å²) in [6.45, 7) is 2.05. The first-order valence-electron chi connectivity index (χ1n) is 6.68. The maximum atomic E-state index is 12.7. The Balaban J connectivity index is 2.31. The maximum absolute atomic E-state index is 12.7. The van der Waals surface area contributed by atoms with Crippen molar-refractivity contribution in [3.8, 4) is 0 Å². The Morgan fingerprint density at radius 3 is 2.43 bits per heavy atom. The average molecular weight is 311 g/mol. The van der Waals surface area contributed by atoms with Crippen LogP contribution in [0.15, 0.2) is 24.3 Å². The number of amides is 2. The van der Waals surface area contributed by atoms with Crippen LogP contribution in [0.5, 0.6) is 0 Å². The molecule has 0 aliphatic heterocycles. The molecule has 2 amide bonds. The zero-order valence-electron chi connectivity index (χ0n) is 11.7. The van der Waals surface area contributed by atoms with Crippen LogP contribution in [0.3, 0.4) is 0 Å². The third kappa shape index (κ3) is 6.80. The van der Waals surface area contributed by atoms with Gasteiger partial charge in [-0.05, 0) is 42.9 Å². The highest BCUT2D eigenvalue weighted by Gasteiger charge is 2.08. The summed E-state index contributed by atoms with van der Waals surface area (Å²) >= 11 is 4.88. The average Bonchev–Trinajstić information content (AvgIpc) is 2.46. The van der Waals surface area contributed by atoms with Gasteiger partial charge in [0.1, 0.15) is 5.82 Å². The van der Waals surface area contributed by atoms with Crippen molar-refractivity contribution in [2.24, 2.45) is 0 Å². The van der Waals surface area contributed by atoms with Crippen LogP contribution in [-0.4, -0.2) is 16.9 Å². The molecule has 7 heteroatoms. The second kappa shape index (κ2) is 9.02. The number of carbonyl (C=O) groups excluding carboxylic acids is 2. The van der Waals surface area contributed by atoms with E-state index in [1.54, 1.807) is 0 Å². The van der Waals surface area contributed by atoms with Crippen LogP contribution in [0.25, 0.3) is 0 Å². The number of hydrogen-bond donors (Lipinski definition) is 3. The van der Waals surface area contributed by atoms with Crippen molar-refractivity contribution in [3.63, 3.8) is 0 Å². The Morgan fingerprint density at radius 1 is 1.14 bits per heavy atom. The standard InChI is InChI=1S/C14H18FN3O2S/c1-2-3-4-5-12(19)17-18-14(21)16-13(20)10-6-8-11(15)9-7-10/h6-9H,2-5H2,1H3,(H,17,19)(H2,16,18,20,21). The summed E-state index contributed by atoms with van der Waals surface area (Å²) in [5, 5.41) is 2.36. The molecule has 0 spiro atoms. The van der Waals surface area contributed by atoms with E-state index in [4.69, 9.17) is 12.2 Å². The lowest BCUT2D eigenvalue weighted by Crippen LogP contribution is -2.48. The van der Waals surface area contributed by atoms with Gasteiger partial charge in [0, 0.05) is 12.0 Å². The molecule has 114 valence electrons. The molecule has 1 rings (SSSR count). The molecule has 0 unspecified atom stereocenters. The Kier molecular flexibility index (Phi) is 7.31. The van der Waals surface area contributed by atoms with Gasteiger partial charge in [-0.3, -0.25) is 25.8 Å². The number of rotatable bonds is 5. The summed E-state index contributed by atoms with van der Waals surface area (Å²) in [6, 6.07) is 5.05. The van der Waals surface area contributed by atoms with Crippen molar-refractivity contribution < 1.29 is 14.0 Å². The fraction of sp³-hybridized carbons (Fsp3) is 0.357. The topological polar surface area (TPSA) is 70.2 Å². The first-order chi connectivity index (χ1) is 10.0. The van der Waals surface area contributed by atoms with Crippen LogP contribution < -0.4 is 16.2 Å². The Morgan fingerprint density at radius 2 is 1.81 bits per heavy atom. The van der Waals surface area contributed by atoms with Gasteiger partial charge in [-0.25, -0.2) is 4.39 Å². The minimum absolute atomic E-state index is 0.0202. The van der Waals surface area contributed by atoms with Gasteiger partial charge in [0.25, 0.3) is 5.91 Å². The van der Waals surface area contributed by atoms with Crippen LogP contribution in [0, 0.1) is 5.82 Å². The zero-order valence-corrected chi connectivity index (χ0v) is 12.6. The molecule has 21 heavy (non-hydrogen) atoms. The van der Waals surface area contributed by atoms with Gasteiger partial charge in [0.2, 0.25) is 5.91 Å². The van der Waals surface area contributed by atoms with E-state index in [0.717, 1.165) is 19.3 Å². The second-order valence-electron chi connectivity index (χ2n) is 4.42. The van der Waals surface area contributed by atoms with Crippen LogP contribution >= 0.6 is 12.2 Å². The lowest BCUT2D eigenvalue weighted by atomic mass is 10.2. The van der Waals surface area contributed by atoms with Gasteiger partial charge in [-0.2, -0.15) is 0 Å². The van der Waals surface area contributed by atoms with E-state index in [-0.39, 0.29) is 16.6 Å². The van der Waals surface area contributed by atoms with Crippen LogP contribution in [0.2, 0.25) is 0 Å². The van der Waals surface area contributed by atoms with Gasteiger partial charge < -0.3 is 0 Å². The molecule has 0 aromatic heterocycles. The number of thiocarbonyl (C=S) groups is 1. The molecule has 5 nitrogen and oxygen atoms in total. The molecular weight excluding hydrogens is 293 g/mol. The molecule has 0 bridgehead atoms. The van der Waals surface area contributed by atoms with Crippen molar-refractivity contribution in [3.05, 3.63) is 35.6 Å². The van der Waals surface area contributed by atoms with E-state index >= 15 is 0 Å². The molecule has 0 saturated carbocycles. The second-order valence-corrected chi connectivity index (χ2v) is 4.83. The summed E-state index contributed by atoms with van der Waals surface area (Å²) in [5.41, 5.74) is 5.12. The van der Waals surface area contributed by atoms with Gasteiger partial charge in [0.05, 0.1) is 0 Å².